The molecule has 5 rings (SSSR count). The second kappa shape index (κ2) is 7.36. The van der Waals surface area contributed by atoms with E-state index in [9.17, 15) is 9.90 Å². The summed E-state index contributed by atoms with van der Waals surface area (Å²) in [7, 11) is 3.19. The van der Waals surface area contributed by atoms with E-state index in [1.54, 1.807) is 32.4 Å². The van der Waals surface area contributed by atoms with E-state index in [0.717, 1.165) is 16.7 Å². The maximum Gasteiger partial charge on any atom is 0.279 e. The van der Waals surface area contributed by atoms with Gasteiger partial charge in [0.05, 0.1) is 31.2 Å². The highest BCUT2D eigenvalue weighted by molar-refractivity contribution is 5.77. The molecule has 0 aliphatic carbocycles. The van der Waals surface area contributed by atoms with Crippen molar-refractivity contribution in [1.82, 2.24) is 9.66 Å². The molecule has 1 aliphatic rings. The first kappa shape index (κ1) is 19.0. The van der Waals surface area contributed by atoms with Crippen LogP contribution in [0.3, 0.4) is 0 Å². The fraction of sp³-hybridized carbons (Fsp3) is 0.167. The lowest BCUT2D eigenvalue weighted by Gasteiger charge is -2.23. The third-order valence-corrected chi connectivity index (χ3v) is 5.63. The van der Waals surface area contributed by atoms with E-state index in [2.05, 4.69) is 5.43 Å². The number of methoxy groups -OCH3 is 2. The van der Waals surface area contributed by atoms with Crippen molar-refractivity contribution < 1.29 is 14.6 Å². The van der Waals surface area contributed by atoms with Gasteiger partial charge in [-0.15, -0.1) is 0 Å². The number of hydrogen-bond donors (Lipinski definition) is 2. The summed E-state index contributed by atoms with van der Waals surface area (Å²) < 4.78 is 12.6. The lowest BCUT2D eigenvalue weighted by atomic mass is 9.93. The van der Waals surface area contributed by atoms with Gasteiger partial charge in [0.2, 0.25) is 0 Å². The van der Waals surface area contributed by atoms with Crippen LogP contribution in [0.4, 0.5) is 0 Å². The Hall–Kier alpha value is -4.00. The molecule has 0 unspecified atom stereocenters. The van der Waals surface area contributed by atoms with Crippen molar-refractivity contribution in [2.45, 2.75) is 12.5 Å². The molecule has 7 nitrogen and oxygen atoms in total. The van der Waals surface area contributed by atoms with Crippen LogP contribution in [0.15, 0.2) is 65.5 Å². The maximum atomic E-state index is 13.3. The van der Waals surface area contributed by atoms with Gasteiger partial charge < -0.3 is 20.0 Å². The Morgan fingerprint density at radius 1 is 1.03 bits per heavy atom. The molecule has 7 heteroatoms. The molecule has 0 amide bonds. The molecule has 156 valence electrons. The smallest absolute Gasteiger partial charge is 0.279 e. The van der Waals surface area contributed by atoms with Crippen molar-refractivity contribution in [2.75, 3.05) is 19.6 Å². The molecule has 0 bridgehead atoms. The van der Waals surface area contributed by atoms with Crippen LogP contribution in [-0.4, -0.2) is 29.0 Å². The number of aromatic hydroxyl groups is 1. The second-order valence-corrected chi connectivity index (χ2v) is 7.42. The Labute approximate surface area is 178 Å². The zero-order valence-electron chi connectivity index (χ0n) is 17.1. The lowest BCUT2D eigenvalue weighted by molar-refractivity contribution is 0.354. The highest BCUT2D eigenvalue weighted by atomic mass is 16.5. The molecular weight excluding hydrogens is 394 g/mol. The van der Waals surface area contributed by atoms with E-state index in [1.165, 1.54) is 4.68 Å². The minimum absolute atomic E-state index is 0.156. The van der Waals surface area contributed by atoms with Crippen LogP contribution in [0.1, 0.15) is 28.6 Å². The number of fused-ring (bicyclic) bond motifs is 3. The van der Waals surface area contributed by atoms with Gasteiger partial charge in [0.15, 0.2) is 11.5 Å². The van der Waals surface area contributed by atoms with Crippen LogP contribution in [-0.2, 0) is 6.42 Å². The largest absolute Gasteiger partial charge is 0.508 e. The number of phenols is 1. The number of nitrogens with zero attached hydrogens (tertiary/aromatic N) is 2. The van der Waals surface area contributed by atoms with Gasteiger partial charge in [0.1, 0.15) is 11.6 Å². The molecule has 31 heavy (non-hydrogen) atoms. The third kappa shape index (κ3) is 3.15. The number of ether oxygens (including phenoxy) is 2. The van der Waals surface area contributed by atoms with E-state index < -0.39 is 0 Å². The first-order valence-electron chi connectivity index (χ1n) is 9.90. The molecule has 0 saturated carbocycles. The molecule has 0 radical (unpaired) electrons. The van der Waals surface area contributed by atoms with Crippen molar-refractivity contribution in [1.29, 1.82) is 0 Å². The van der Waals surface area contributed by atoms with Gasteiger partial charge in [0.25, 0.3) is 5.56 Å². The average Bonchev–Trinajstić information content (AvgIpc) is 2.95. The number of aromatic nitrogens is 2. The Kier molecular flexibility index (Phi) is 4.51. The van der Waals surface area contributed by atoms with Crippen LogP contribution in [0, 0.1) is 0 Å². The quantitative estimate of drug-likeness (QED) is 0.534. The molecule has 2 heterocycles. The van der Waals surface area contributed by atoms with Crippen molar-refractivity contribution in [3.05, 3.63) is 93.5 Å². The summed E-state index contributed by atoms with van der Waals surface area (Å²) in [5.74, 6) is 2.00. The fourth-order valence-electron chi connectivity index (χ4n) is 4.08. The topological polar surface area (TPSA) is 85.6 Å². The van der Waals surface area contributed by atoms with Crippen molar-refractivity contribution >= 4 is 10.9 Å². The summed E-state index contributed by atoms with van der Waals surface area (Å²) in [6, 6.07) is 17.7. The van der Waals surface area contributed by atoms with Gasteiger partial charge in [-0.2, -0.15) is 0 Å². The summed E-state index contributed by atoms with van der Waals surface area (Å²) in [5.41, 5.74) is 6.67. The number of nitrogens with one attached hydrogen (secondary N) is 1. The predicted octanol–water partition coefficient (Wildman–Crippen LogP) is 3.36. The van der Waals surface area contributed by atoms with Crippen LogP contribution in [0.25, 0.3) is 10.9 Å². The van der Waals surface area contributed by atoms with Crippen LogP contribution in [0.5, 0.6) is 17.2 Å². The van der Waals surface area contributed by atoms with Gasteiger partial charge in [-0.25, -0.2) is 9.66 Å². The fourth-order valence-corrected chi connectivity index (χ4v) is 4.08. The monoisotopic (exact) mass is 415 g/mol. The standard InChI is InChI=1S/C24H21N3O4/c1-30-20-11-15-12-22-25-19-6-4-3-5-17(19)24(29)27(22)26-23(18(15)13-21(20)31-2)14-7-9-16(28)10-8-14/h3-11,13,23,26,28H,12H2,1-2H3/t23-/m0/s1. The molecule has 2 N–H and O–H groups in total. The average molecular weight is 415 g/mol. The van der Waals surface area contributed by atoms with Crippen molar-refractivity contribution in [3.8, 4) is 17.2 Å². The molecule has 1 aromatic heterocycles. The molecule has 3 aromatic carbocycles. The number of para-hydroxylation sites is 1. The van der Waals surface area contributed by atoms with Crippen molar-refractivity contribution in [3.63, 3.8) is 0 Å². The highest BCUT2D eigenvalue weighted by Gasteiger charge is 2.27. The first-order valence-corrected chi connectivity index (χ1v) is 9.90. The number of phenolic OH excluding ortho intramolecular Hbond substituents is 1. The van der Waals surface area contributed by atoms with Crippen LogP contribution in [0.2, 0.25) is 0 Å². The second-order valence-electron chi connectivity index (χ2n) is 7.42. The van der Waals surface area contributed by atoms with E-state index in [4.69, 9.17) is 14.5 Å². The molecule has 4 aromatic rings. The summed E-state index contributed by atoms with van der Waals surface area (Å²) in [5, 5.41) is 10.3. The molecule has 1 aliphatic heterocycles. The highest BCUT2D eigenvalue weighted by Crippen LogP contribution is 2.38. The Bertz CT molecular complexity index is 1350. The van der Waals surface area contributed by atoms with Crippen LogP contribution < -0.4 is 20.5 Å². The minimum atomic E-state index is -0.364. The zero-order valence-corrected chi connectivity index (χ0v) is 17.1. The normalized spacial score (nSPS) is 14.8. The zero-order chi connectivity index (χ0) is 21.5. The van der Waals surface area contributed by atoms with E-state index in [0.29, 0.717) is 34.6 Å². The van der Waals surface area contributed by atoms with Gasteiger partial charge in [0, 0.05) is 6.42 Å². The van der Waals surface area contributed by atoms with Gasteiger partial charge in [-0.05, 0) is 53.1 Å². The third-order valence-electron chi connectivity index (χ3n) is 5.63. The molecule has 0 spiro atoms. The molecule has 0 saturated heterocycles. The minimum Gasteiger partial charge on any atom is -0.508 e. The molecule has 0 fully saturated rings. The maximum absolute atomic E-state index is 13.3. The Morgan fingerprint density at radius 2 is 1.74 bits per heavy atom. The summed E-state index contributed by atoms with van der Waals surface area (Å²) in [4.78, 5) is 18.1. The Balaban J connectivity index is 1.78. The summed E-state index contributed by atoms with van der Waals surface area (Å²) in [6.07, 6.45) is 0.442. The van der Waals surface area contributed by atoms with Crippen molar-refractivity contribution in [2.24, 2.45) is 0 Å². The van der Waals surface area contributed by atoms with Gasteiger partial charge >= 0.3 is 0 Å². The number of benzene rings is 3. The lowest BCUT2D eigenvalue weighted by Crippen LogP contribution is -2.34. The number of rotatable bonds is 3. The van der Waals surface area contributed by atoms with Crippen LogP contribution >= 0.6 is 0 Å². The van der Waals surface area contributed by atoms with E-state index in [1.807, 2.05) is 42.5 Å². The summed E-state index contributed by atoms with van der Waals surface area (Å²) >= 11 is 0. The molecular formula is C24H21N3O4. The Morgan fingerprint density at radius 3 is 2.48 bits per heavy atom. The summed E-state index contributed by atoms with van der Waals surface area (Å²) in [6.45, 7) is 0. The van der Waals surface area contributed by atoms with Gasteiger partial charge in [-0.1, -0.05) is 24.3 Å². The number of hydrogen-bond acceptors (Lipinski definition) is 6. The predicted molar refractivity (Wildman–Crippen MR) is 118 cm³/mol. The first-order chi connectivity index (χ1) is 15.1. The SMILES string of the molecule is COc1cc2c(cc1OC)[C@H](c1ccc(O)cc1)Nn1c(nc3ccccc3c1=O)C2. The van der Waals surface area contributed by atoms with E-state index in [-0.39, 0.29) is 17.4 Å². The van der Waals surface area contributed by atoms with Gasteiger partial charge in [-0.3, -0.25) is 4.79 Å². The van der Waals surface area contributed by atoms with E-state index >= 15 is 0 Å². The molecule has 1 atom stereocenters.